The smallest absolute Gasteiger partial charge is 0.382 e. The number of aromatic nitrogens is 3. The van der Waals surface area contributed by atoms with E-state index in [-0.39, 0.29) is 30.6 Å². The summed E-state index contributed by atoms with van der Waals surface area (Å²) >= 11 is 1.34. The lowest BCUT2D eigenvalue weighted by molar-refractivity contribution is -0.305. The third kappa shape index (κ3) is 8.92. The zero-order valence-corrected chi connectivity index (χ0v) is 23.6. The van der Waals surface area contributed by atoms with Crippen LogP contribution in [0, 0.1) is 11.6 Å². The summed E-state index contributed by atoms with van der Waals surface area (Å²) in [5.41, 5.74) is -0.759. The molecule has 1 aliphatic rings. The zero-order chi connectivity index (χ0) is 31.0. The Morgan fingerprint density at radius 1 is 1.12 bits per heavy atom. The van der Waals surface area contributed by atoms with Crippen LogP contribution in [0.25, 0.3) is 6.08 Å². The molecule has 1 N–H and O–H groups in total. The molecule has 2 atom stereocenters. The second kappa shape index (κ2) is 14.5. The van der Waals surface area contributed by atoms with Gasteiger partial charge in [0.05, 0.1) is 31.6 Å². The summed E-state index contributed by atoms with van der Waals surface area (Å²) in [6, 6.07) is 9.29. The van der Waals surface area contributed by atoms with Crippen LogP contribution in [0.3, 0.4) is 0 Å². The number of hydrogen-bond donors (Lipinski definition) is 1. The molecular weight excluding hydrogens is 600 g/mol. The highest BCUT2D eigenvalue weighted by Gasteiger charge is 2.42. The van der Waals surface area contributed by atoms with Gasteiger partial charge in [-0.2, -0.15) is 13.9 Å². The fourth-order valence-electron chi connectivity index (χ4n) is 4.22. The van der Waals surface area contributed by atoms with Crippen molar-refractivity contribution >= 4 is 17.8 Å². The first-order valence-corrected chi connectivity index (χ1v) is 14.0. The molecule has 0 amide bonds. The molecule has 14 heteroatoms. The van der Waals surface area contributed by atoms with Crippen molar-refractivity contribution < 1.29 is 45.7 Å². The summed E-state index contributed by atoms with van der Waals surface area (Å²) in [6.07, 6.45) is 0.503. The molecular formula is C29H29F6N3O4S. The van der Waals surface area contributed by atoms with Gasteiger partial charge in [-0.1, -0.05) is 55.5 Å². The molecule has 4 rings (SSSR count). The molecule has 2 unspecified atom stereocenters. The summed E-state index contributed by atoms with van der Waals surface area (Å²) < 4.78 is 95.4. The monoisotopic (exact) mass is 629 g/mol. The van der Waals surface area contributed by atoms with Gasteiger partial charge in [0.15, 0.2) is 6.29 Å². The van der Waals surface area contributed by atoms with Crippen molar-refractivity contribution in [2.24, 2.45) is 0 Å². The number of alkyl halides is 4. The number of ether oxygens (including phenoxy) is 3. The third-order valence-corrected chi connectivity index (χ3v) is 8.02. The summed E-state index contributed by atoms with van der Waals surface area (Å²) in [6.45, 7) is 1.54. The molecule has 0 saturated carbocycles. The third-order valence-electron chi connectivity index (χ3n) is 6.56. The number of thioether (sulfide) groups is 1. The minimum atomic E-state index is -4.50. The van der Waals surface area contributed by atoms with Crippen molar-refractivity contribution in [3.05, 3.63) is 102 Å². The molecule has 3 aromatic rings. The van der Waals surface area contributed by atoms with Gasteiger partial charge in [0.25, 0.3) is 0 Å². The van der Waals surface area contributed by atoms with Gasteiger partial charge in [-0.15, -0.1) is 11.8 Å². The van der Waals surface area contributed by atoms with Crippen molar-refractivity contribution in [3.8, 4) is 0 Å². The first-order valence-electron chi connectivity index (χ1n) is 13.1. The van der Waals surface area contributed by atoms with E-state index in [0.717, 1.165) is 17.7 Å². The molecule has 1 aromatic heterocycles. The molecule has 1 saturated heterocycles. The average molecular weight is 630 g/mol. The number of hydrogen-bond acceptors (Lipinski definition) is 7. The lowest BCUT2D eigenvalue weighted by atomic mass is 9.90. The lowest BCUT2D eigenvalue weighted by Gasteiger charge is -2.37. The predicted octanol–water partition coefficient (Wildman–Crippen LogP) is 5.95. The summed E-state index contributed by atoms with van der Waals surface area (Å²) in [5, 5.41) is 14.9. The Morgan fingerprint density at radius 3 is 2.47 bits per heavy atom. The van der Waals surface area contributed by atoms with Crippen LogP contribution in [0.2, 0.25) is 0 Å². The average Bonchev–Trinajstić information content (AvgIpc) is 3.48. The second-order valence-electron chi connectivity index (χ2n) is 9.71. The van der Waals surface area contributed by atoms with Gasteiger partial charge in [0.1, 0.15) is 29.9 Å². The van der Waals surface area contributed by atoms with Gasteiger partial charge in [-0.05, 0) is 23.3 Å². The Labute approximate surface area is 248 Å². The minimum Gasteiger partial charge on any atom is -0.382 e. The highest BCUT2D eigenvalue weighted by Crippen LogP contribution is 2.38. The number of halogens is 6. The van der Waals surface area contributed by atoms with Crippen LogP contribution in [0.5, 0.6) is 0 Å². The summed E-state index contributed by atoms with van der Waals surface area (Å²) in [7, 11) is 0. The fraction of sp³-hybridized carbons (Fsp3) is 0.379. The van der Waals surface area contributed by atoms with E-state index in [1.54, 1.807) is 43.4 Å². The standard InChI is InChI=1S/C29H29F6N3O4S/c1-19(28(39,16-38-18-36-17-37-38)24-11-10-22(30)12-25(24)31)43-23-14-40-26(41-15-23)5-3-2-4-20-6-8-21(9-7-20)13-42-29(34,35)27(32)33/h2-12,17-19,23,26-27,39H,13-16H2,1H3/b4-2+,5-3+. The molecule has 0 radical (unpaired) electrons. The topological polar surface area (TPSA) is 78.6 Å². The zero-order valence-electron chi connectivity index (χ0n) is 22.8. The van der Waals surface area contributed by atoms with E-state index in [2.05, 4.69) is 14.8 Å². The number of rotatable bonds is 13. The maximum atomic E-state index is 14.8. The van der Waals surface area contributed by atoms with E-state index >= 15 is 0 Å². The van der Waals surface area contributed by atoms with Gasteiger partial charge in [0, 0.05) is 16.9 Å². The quantitative estimate of drug-likeness (QED) is 0.185. The number of aliphatic hydroxyl groups is 1. The van der Waals surface area contributed by atoms with Gasteiger partial charge in [-0.25, -0.2) is 27.2 Å². The Morgan fingerprint density at radius 2 is 1.84 bits per heavy atom. The van der Waals surface area contributed by atoms with E-state index in [1.165, 1.54) is 47.3 Å². The van der Waals surface area contributed by atoms with Crippen LogP contribution >= 0.6 is 11.8 Å². The van der Waals surface area contributed by atoms with Gasteiger partial charge < -0.3 is 19.3 Å². The lowest BCUT2D eigenvalue weighted by Crippen LogP contribution is -2.43. The van der Waals surface area contributed by atoms with E-state index in [1.807, 2.05) is 0 Å². The largest absolute Gasteiger partial charge is 0.416 e. The molecule has 0 spiro atoms. The number of allylic oxidation sites excluding steroid dienone is 2. The SMILES string of the molecule is CC(SC1COC(/C=C/C=C/c2ccc(COC(F)(F)C(F)F)cc2)OC1)C(O)(Cn1cncn1)c1ccc(F)cc1F. The highest BCUT2D eigenvalue weighted by atomic mass is 32.2. The minimum absolute atomic E-state index is 0.0640. The summed E-state index contributed by atoms with van der Waals surface area (Å²) in [5.74, 6) is -1.63. The van der Waals surface area contributed by atoms with Gasteiger partial charge in [0.2, 0.25) is 0 Å². The van der Waals surface area contributed by atoms with E-state index in [9.17, 15) is 31.4 Å². The van der Waals surface area contributed by atoms with E-state index < -0.39 is 47.9 Å². The first kappa shape index (κ1) is 32.7. The van der Waals surface area contributed by atoms with Gasteiger partial charge in [-0.3, -0.25) is 0 Å². The normalized spacial score (nSPS) is 20.2. The Bertz CT molecular complexity index is 1370. The van der Waals surface area contributed by atoms with Crippen LogP contribution in [0.1, 0.15) is 23.6 Å². The number of nitrogens with zero attached hydrogens (tertiary/aromatic N) is 3. The Kier molecular flexibility index (Phi) is 11.1. The molecule has 2 heterocycles. The molecule has 232 valence electrons. The van der Waals surface area contributed by atoms with Crippen LogP contribution in [-0.4, -0.2) is 62.4 Å². The van der Waals surface area contributed by atoms with Crippen molar-refractivity contribution in [2.45, 2.75) is 55.0 Å². The van der Waals surface area contributed by atoms with Crippen molar-refractivity contribution in [1.82, 2.24) is 14.8 Å². The maximum Gasteiger partial charge on any atom is 0.416 e. The molecule has 1 fully saturated rings. The van der Waals surface area contributed by atoms with Crippen LogP contribution in [-0.2, 0) is 33.0 Å². The highest BCUT2D eigenvalue weighted by molar-refractivity contribution is 8.00. The first-order chi connectivity index (χ1) is 20.5. The Hall–Kier alpha value is -3.17. The molecule has 0 bridgehead atoms. The molecule has 1 aliphatic heterocycles. The molecule has 43 heavy (non-hydrogen) atoms. The van der Waals surface area contributed by atoms with Crippen molar-refractivity contribution in [1.29, 1.82) is 0 Å². The molecule has 7 nitrogen and oxygen atoms in total. The maximum absolute atomic E-state index is 14.8. The van der Waals surface area contributed by atoms with Crippen LogP contribution < -0.4 is 0 Å². The van der Waals surface area contributed by atoms with Crippen molar-refractivity contribution in [3.63, 3.8) is 0 Å². The fourth-order valence-corrected chi connectivity index (χ4v) is 5.53. The van der Waals surface area contributed by atoms with Gasteiger partial charge >= 0.3 is 12.5 Å². The van der Waals surface area contributed by atoms with Crippen LogP contribution in [0.15, 0.2) is 73.3 Å². The van der Waals surface area contributed by atoms with Crippen LogP contribution in [0.4, 0.5) is 26.3 Å². The van der Waals surface area contributed by atoms with E-state index in [0.29, 0.717) is 5.56 Å². The summed E-state index contributed by atoms with van der Waals surface area (Å²) in [4.78, 5) is 3.87. The molecule has 0 aliphatic carbocycles. The van der Waals surface area contributed by atoms with E-state index in [4.69, 9.17) is 9.47 Å². The molecule has 2 aromatic carbocycles. The predicted molar refractivity (Wildman–Crippen MR) is 147 cm³/mol. The Balaban J connectivity index is 1.28. The second-order valence-corrected chi connectivity index (χ2v) is 11.4. The number of benzene rings is 2. The van der Waals surface area contributed by atoms with Crippen molar-refractivity contribution in [2.75, 3.05) is 13.2 Å².